The Balaban J connectivity index is 1.88. The predicted molar refractivity (Wildman–Crippen MR) is 81.8 cm³/mol. The molecular formula is C15H24N2O2S. The lowest BCUT2D eigenvalue weighted by Crippen LogP contribution is -2.36. The van der Waals surface area contributed by atoms with E-state index in [0.717, 1.165) is 25.9 Å². The Morgan fingerprint density at radius 3 is 2.95 bits per heavy atom. The van der Waals surface area contributed by atoms with Crippen LogP contribution in [0.15, 0.2) is 17.5 Å². The van der Waals surface area contributed by atoms with Crippen molar-refractivity contribution >= 4 is 17.2 Å². The monoisotopic (exact) mass is 296 g/mol. The molecule has 0 saturated carbocycles. The highest BCUT2D eigenvalue weighted by atomic mass is 32.1. The fraction of sp³-hybridized carbons (Fsp3) is 0.667. The molecule has 0 radical (unpaired) electrons. The van der Waals surface area contributed by atoms with Gasteiger partial charge in [-0.25, -0.2) is 0 Å². The van der Waals surface area contributed by atoms with Gasteiger partial charge in [-0.3, -0.25) is 4.79 Å². The van der Waals surface area contributed by atoms with Gasteiger partial charge >= 0.3 is 0 Å². The van der Waals surface area contributed by atoms with Gasteiger partial charge in [-0.2, -0.15) is 0 Å². The molecule has 0 bridgehead atoms. The van der Waals surface area contributed by atoms with E-state index < -0.39 is 0 Å². The molecule has 1 fully saturated rings. The minimum Gasteiger partial charge on any atom is -0.383 e. The molecule has 1 N–H and O–H groups in total. The van der Waals surface area contributed by atoms with Crippen molar-refractivity contribution in [1.82, 2.24) is 10.2 Å². The van der Waals surface area contributed by atoms with Crippen molar-refractivity contribution in [2.75, 3.05) is 33.4 Å². The summed E-state index contributed by atoms with van der Waals surface area (Å²) in [7, 11) is 1.68. The molecule has 1 saturated heterocycles. The molecule has 0 aromatic carbocycles. The molecule has 4 nitrogen and oxygen atoms in total. The van der Waals surface area contributed by atoms with Crippen molar-refractivity contribution in [1.29, 1.82) is 0 Å². The number of methoxy groups -OCH3 is 1. The summed E-state index contributed by atoms with van der Waals surface area (Å²) in [5.74, 6) is 0.805. The molecule has 5 heteroatoms. The van der Waals surface area contributed by atoms with Crippen LogP contribution in [0.5, 0.6) is 0 Å². The topological polar surface area (TPSA) is 41.6 Å². The average molecular weight is 296 g/mol. The van der Waals surface area contributed by atoms with Gasteiger partial charge in [0.25, 0.3) is 0 Å². The van der Waals surface area contributed by atoms with Crippen molar-refractivity contribution < 1.29 is 9.53 Å². The van der Waals surface area contributed by atoms with E-state index in [1.165, 1.54) is 4.88 Å². The van der Waals surface area contributed by atoms with Crippen LogP contribution in [-0.4, -0.2) is 44.2 Å². The minimum absolute atomic E-state index is 0.266. The molecule has 1 aliphatic rings. The number of thiophene rings is 1. The van der Waals surface area contributed by atoms with E-state index in [-0.39, 0.29) is 5.91 Å². The predicted octanol–water partition coefficient (Wildman–Crippen LogP) is 2.11. The minimum atomic E-state index is 0.266. The van der Waals surface area contributed by atoms with E-state index in [1.807, 2.05) is 11.0 Å². The third-order valence-corrected chi connectivity index (χ3v) is 4.63. The molecule has 0 spiro atoms. The number of amides is 1. The fourth-order valence-electron chi connectivity index (χ4n) is 2.55. The zero-order valence-electron chi connectivity index (χ0n) is 12.1. The van der Waals surface area contributed by atoms with Gasteiger partial charge in [0.1, 0.15) is 0 Å². The number of carbonyl (C=O) groups is 1. The number of piperidine rings is 1. The smallest absolute Gasteiger partial charge is 0.223 e. The van der Waals surface area contributed by atoms with Crippen molar-refractivity contribution in [2.45, 2.75) is 25.8 Å². The second kappa shape index (κ2) is 8.39. The standard InChI is InChI=1S/C15H24N2O2S/c1-19-9-8-17(12-14-3-2-10-20-14)15(18)11-13-4-6-16-7-5-13/h2-3,10,13,16H,4-9,11-12H2,1H3. The summed E-state index contributed by atoms with van der Waals surface area (Å²) < 4.78 is 5.13. The molecule has 1 amide bonds. The number of nitrogens with zero attached hydrogens (tertiary/aromatic N) is 1. The first-order chi connectivity index (χ1) is 9.79. The van der Waals surface area contributed by atoms with E-state index in [1.54, 1.807) is 18.4 Å². The lowest BCUT2D eigenvalue weighted by atomic mass is 9.94. The van der Waals surface area contributed by atoms with Crippen LogP contribution >= 0.6 is 11.3 Å². The van der Waals surface area contributed by atoms with Gasteiger partial charge in [0.2, 0.25) is 5.91 Å². The third-order valence-electron chi connectivity index (χ3n) is 3.77. The zero-order valence-corrected chi connectivity index (χ0v) is 13.0. The first-order valence-corrected chi connectivity index (χ1v) is 8.17. The molecule has 1 aromatic heterocycles. The van der Waals surface area contributed by atoms with E-state index in [4.69, 9.17) is 4.74 Å². The zero-order chi connectivity index (χ0) is 14.2. The van der Waals surface area contributed by atoms with Crippen LogP contribution < -0.4 is 5.32 Å². The maximum Gasteiger partial charge on any atom is 0.223 e. The SMILES string of the molecule is COCCN(Cc1cccs1)C(=O)CC1CCNCC1. The van der Waals surface area contributed by atoms with E-state index >= 15 is 0 Å². The Bertz CT molecular complexity index is 389. The van der Waals surface area contributed by atoms with Crippen LogP contribution in [0.2, 0.25) is 0 Å². The summed E-state index contributed by atoms with van der Waals surface area (Å²) in [5.41, 5.74) is 0. The summed E-state index contributed by atoms with van der Waals surface area (Å²) in [6.45, 7) is 4.08. The molecule has 2 heterocycles. The number of rotatable bonds is 7. The Kier molecular flexibility index (Phi) is 6.50. The molecule has 112 valence electrons. The van der Waals surface area contributed by atoms with Gasteiger partial charge in [0.15, 0.2) is 0 Å². The third kappa shape index (κ3) is 4.89. The Hall–Kier alpha value is -0.910. The van der Waals surface area contributed by atoms with Crippen LogP contribution in [0.25, 0.3) is 0 Å². The van der Waals surface area contributed by atoms with Gasteiger partial charge in [-0.15, -0.1) is 11.3 Å². The highest BCUT2D eigenvalue weighted by molar-refractivity contribution is 7.09. The summed E-state index contributed by atoms with van der Waals surface area (Å²) in [6.07, 6.45) is 2.91. The van der Waals surface area contributed by atoms with Crippen LogP contribution in [0.3, 0.4) is 0 Å². The van der Waals surface area contributed by atoms with Gasteiger partial charge in [0.05, 0.1) is 13.2 Å². The molecular weight excluding hydrogens is 272 g/mol. The number of nitrogens with one attached hydrogen (secondary N) is 1. The Labute approximate surface area is 125 Å². The van der Waals surface area contributed by atoms with Gasteiger partial charge in [-0.1, -0.05) is 6.07 Å². The van der Waals surface area contributed by atoms with E-state index in [0.29, 0.717) is 32.0 Å². The first kappa shape index (κ1) is 15.5. The van der Waals surface area contributed by atoms with E-state index in [9.17, 15) is 4.79 Å². The van der Waals surface area contributed by atoms with Crippen molar-refractivity contribution in [3.8, 4) is 0 Å². The number of hydrogen-bond donors (Lipinski definition) is 1. The summed E-state index contributed by atoms with van der Waals surface area (Å²) >= 11 is 1.70. The van der Waals surface area contributed by atoms with Crippen LogP contribution in [0, 0.1) is 5.92 Å². The summed E-state index contributed by atoms with van der Waals surface area (Å²) in [6, 6.07) is 4.12. The summed E-state index contributed by atoms with van der Waals surface area (Å²) in [5, 5.41) is 5.40. The highest BCUT2D eigenvalue weighted by Crippen LogP contribution is 2.19. The normalized spacial score (nSPS) is 16.2. The van der Waals surface area contributed by atoms with Gasteiger partial charge in [-0.05, 0) is 43.3 Å². The fourth-order valence-corrected chi connectivity index (χ4v) is 3.27. The second-order valence-electron chi connectivity index (χ2n) is 5.28. The van der Waals surface area contributed by atoms with Crippen LogP contribution in [0.1, 0.15) is 24.1 Å². The highest BCUT2D eigenvalue weighted by Gasteiger charge is 2.21. The van der Waals surface area contributed by atoms with Crippen molar-refractivity contribution in [3.63, 3.8) is 0 Å². The van der Waals surface area contributed by atoms with Crippen LogP contribution in [0.4, 0.5) is 0 Å². The summed E-state index contributed by atoms with van der Waals surface area (Å²) in [4.78, 5) is 15.7. The molecule has 0 unspecified atom stereocenters. The Morgan fingerprint density at radius 2 is 2.30 bits per heavy atom. The Morgan fingerprint density at radius 1 is 1.50 bits per heavy atom. The largest absolute Gasteiger partial charge is 0.383 e. The quantitative estimate of drug-likeness (QED) is 0.838. The molecule has 1 aromatic rings. The number of carbonyl (C=O) groups excluding carboxylic acids is 1. The first-order valence-electron chi connectivity index (χ1n) is 7.29. The molecule has 0 atom stereocenters. The van der Waals surface area contributed by atoms with Crippen LogP contribution in [-0.2, 0) is 16.1 Å². The average Bonchev–Trinajstić information content (AvgIpc) is 2.97. The number of ether oxygens (including phenoxy) is 1. The van der Waals surface area contributed by atoms with Gasteiger partial charge in [0, 0.05) is 25.0 Å². The lowest BCUT2D eigenvalue weighted by Gasteiger charge is -2.27. The second-order valence-corrected chi connectivity index (χ2v) is 6.32. The maximum atomic E-state index is 12.5. The van der Waals surface area contributed by atoms with Crippen molar-refractivity contribution in [3.05, 3.63) is 22.4 Å². The molecule has 20 heavy (non-hydrogen) atoms. The van der Waals surface area contributed by atoms with Gasteiger partial charge < -0.3 is 15.0 Å². The molecule has 0 aliphatic carbocycles. The maximum absolute atomic E-state index is 12.5. The number of hydrogen-bond acceptors (Lipinski definition) is 4. The molecule has 2 rings (SSSR count). The lowest BCUT2D eigenvalue weighted by molar-refractivity contribution is -0.133. The molecule has 1 aliphatic heterocycles. The van der Waals surface area contributed by atoms with Crippen molar-refractivity contribution in [2.24, 2.45) is 5.92 Å². The van der Waals surface area contributed by atoms with E-state index in [2.05, 4.69) is 16.8 Å².